The largest absolute Gasteiger partial charge is 0.483 e. The SMILES string of the molecule is CCOCOc1c(C)c(C)c2c(c1C)CCC(C)(C=CCc1ccc(OC(C)(C)C(=O)O)cc1)O2. The van der Waals surface area contributed by atoms with Crippen LogP contribution in [0.5, 0.6) is 17.2 Å². The van der Waals surface area contributed by atoms with Crippen molar-refractivity contribution in [2.24, 2.45) is 0 Å². The highest BCUT2D eigenvalue weighted by Crippen LogP contribution is 2.44. The summed E-state index contributed by atoms with van der Waals surface area (Å²) < 4.78 is 23.5. The van der Waals surface area contributed by atoms with E-state index in [2.05, 4.69) is 39.8 Å². The topological polar surface area (TPSA) is 74.2 Å². The molecule has 1 heterocycles. The van der Waals surface area contributed by atoms with Gasteiger partial charge in [-0.2, -0.15) is 0 Å². The highest BCUT2D eigenvalue weighted by atomic mass is 16.7. The molecule has 0 fully saturated rings. The molecule has 0 aliphatic carbocycles. The third-order valence-corrected chi connectivity index (χ3v) is 6.64. The van der Waals surface area contributed by atoms with Crippen LogP contribution < -0.4 is 14.2 Å². The van der Waals surface area contributed by atoms with Gasteiger partial charge in [0.1, 0.15) is 22.8 Å². The Kier molecular flexibility index (Phi) is 8.16. The zero-order chi connectivity index (χ0) is 25.8. The van der Waals surface area contributed by atoms with Gasteiger partial charge in [0.25, 0.3) is 0 Å². The summed E-state index contributed by atoms with van der Waals surface area (Å²) in [5.74, 6) is 1.40. The first kappa shape index (κ1) is 26.6. The van der Waals surface area contributed by atoms with Gasteiger partial charge in [0, 0.05) is 12.2 Å². The van der Waals surface area contributed by atoms with Crippen LogP contribution in [0.2, 0.25) is 0 Å². The lowest BCUT2D eigenvalue weighted by Crippen LogP contribution is -2.37. The number of rotatable bonds is 10. The number of hydrogen-bond donors (Lipinski definition) is 1. The van der Waals surface area contributed by atoms with Crippen LogP contribution in [-0.4, -0.2) is 35.7 Å². The number of ether oxygens (including phenoxy) is 4. The van der Waals surface area contributed by atoms with Crippen LogP contribution in [0, 0.1) is 20.8 Å². The van der Waals surface area contributed by atoms with E-state index in [1.54, 1.807) is 0 Å². The number of benzene rings is 2. The van der Waals surface area contributed by atoms with Crippen molar-refractivity contribution in [2.45, 2.75) is 78.9 Å². The number of allylic oxidation sites excluding steroid dienone is 1. The zero-order valence-electron chi connectivity index (χ0n) is 22.0. The van der Waals surface area contributed by atoms with E-state index in [1.165, 1.54) is 19.4 Å². The maximum atomic E-state index is 11.3. The molecule has 0 aromatic heterocycles. The van der Waals surface area contributed by atoms with Crippen LogP contribution in [0.3, 0.4) is 0 Å². The second kappa shape index (κ2) is 10.7. The van der Waals surface area contributed by atoms with E-state index in [0.717, 1.165) is 53.0 Å². The number of carbonyl (C=O) groups is 1. The fourth-order valence-corrected chi connectivity index (χ4v) is 4.25. The molecular weight excluding hydrogens is 444 g/mol. The Bertz CT molecular complexity index is 1080. The van der Waals surface area contributed by atoms with E-state index in [0.29, 0.717) is 12.4 Å². The quantitative estimate of drug-likeness (QED) is 0.250. The van der Waals surface area contributed by atoms with Crippen molar-refractivity contribution in [2.75, 3.05) is 13.4 Å². The summed E-state index contributed by atoms with van der Waals surface area (Å²) in [7, 11) is 0. The predicted molar refractivity (Wildman–Crippen MR) is 137 cm³/mol. The molecule has 0 bridgehead atoms. The average molecular weight is 483 g/mol. The molecule has 190 valence electrons. The van der Waals surface area contributed by atoms with Crippen LogP contribution in [0.15, 0.2) is 36.4 Å². The summed E-state index contributed by atoms with van der Waals surface area (Å²) in [4.78, 5) is 11.3. The summed E-state index contributed by atoms with van der Waals surface area (Å²) in [6.45, 7) is 14.3. The Morgan fingerprint density at radius 1 is 1.14 bits per heavy atom. The Morgan fingerprint density at radius 3 is 2.46 bits per heavy atom. The maximum Gasteiger partial charge on any atom is 0.347 e. The summed E-state index contributed by atoms with van der Waals surface area (Å²) in [5, 5.41) is 9.23. The van der Waals surface area contributed by atoms with Crippen molar-refractivity contribution in [3.8, 4) is 17.2 Å². The minimum atomic E-state index is -1.27. The second-order valence-corrected chi connectivity index (χ2v) is 9.85. The van der Waals surface area contributed by atoms with E-state index in [1.807, 2.05) is 31.2 Å². The van der Waals surface area contributed by atoms with Gasteiger partial charge >= 0.3 is 5.97 Å². The fraction of sp³-hybridized carbons (Fsp3) is 0.483. The molecule has 1 N–H and O–H groups in total. The number of hydrogen-bond acceptors (Lipinski definition) is 5. The molecule has 1 atom stereocenters. The summed E-state index contributed by atoms with van der Waals surface area (Å²) >= 11 is 0. The molecule has 0 saturated carbocycles. The van der Waals surface area contributed by atoms with Gasteiger partial charge in [-0.25, -0.2) is 4.79 Å². The summed E-state index contributed by atoms with van der Waals surface area (Å²) in [6, 6.07) is 7.53. The van der Waals surface area contributed by atoms with Crippen LogP contribution in [0.1, 0.15) is 61.9 Å². The van der Waals surface area contributed by atoms with Crippen molar-refractivity contribution < 1.29 is 28.8 Å². The van der Waals surface area contributed by atoms with Gasteiger partial charge in [-0.15, -0.1) is 0 Å². The Balaban J connectivity index is 1.69. The number of carboxylic acids is 1. The Hall–Kier alpha value is -2.99. The first-order valence-electron chi connectivity index (χ1n) is 12.2. The molecule has 6 heteroatoms. The van der Waals surface area contributed by atoms with Gasteiger partial charge in [0.2, 0.25) is 0 Å². The standard InChI is InChI=1S/C29H38O6/c1-8-32-18-33-25-19(2)20(3)26-24(21(25)4)15-17-29(7,35-26)16-9-10-22-11-13-23(14-12-22)34-28(5,6)27(30)31/h9,11-14,16H,8,10,15,17-18H2,1-7H3,(H,30,31). The van der Waals surface area contributed by atoms with Crippen LogP contribution in [-0.2, 0) is 22.4 Å². The minimum absolute atomic E-state index is 0.252. The predicted octanol–water partition coefficient (Wildman–Crippen LogP) is 6.11. The first-order chi connectivity index (χ1) is 16.5. The van der Waals surface area contributed by atoms with Crippen molar-refractivity contribution in [3.63, 3.8) is 0 Å². The molecule has 2 aromatic carbocycles. The molecule has 1 aliphatic rings. The molecule has 6 nitrogen and oxygen atoms in total. The van der Waals surface area contributed by atoms with Gasteiger partial charge < -0.3 is 24.1 Å². The molecule has 3 rings (SSSR count). The molecule has 2 aromatic rings. The van der Waals surface area contributed by atoms with Gasteiger partial charge in [0.15, 0.2) is 12.4 Å². The van der Waals surface area contributed by atoms with Gasteiger partial charge in [-0.3, -0.25) is 0 Å². The number of aliphatic carboxylic acids is 1. The van der Waals surface area contributed by atoms with E-state index in [9.17, 15) is 9.90 Å². The summed E-state index contributed by atoms with van der Waals surface area (Å²) in [6.07, 6.45) is 6.82. The van der Waals surface area contributed by atoms with Crippen molar-refractivity contribution in [1.29, 1.82) is 0 Å². The third-order valence-electron chi connectivity index (χ3n) is 6.64. The van der Waals surface area contributed by atoms with Crippen molar-refractivity contribution in [1.82, 2.24) is 0 Å². The maximum absolute atomic E-state index is 11.3. The average Bonchev–Trinajstić information content (AvgIpc) is 2.80. The Labute approximate surface area is 208 Å². The van der Waals surface area contributed by atoms with Crippen LogP contribution in [0.4, 0.5) is 0 Å². The van der Waals surface area contributed by atoms with Crippen molar-refractivity contribution >= 4 is 5.97 Å². The molecular formula is C29H38O6. The normalized spacial score (nSPS) is 17.7. The van der Waals surface area contributed by atoms with E-state index in [-0.39, 0.29) is 12.4 Å². The Morgan fingerprint density at radius 2 is 1.83 bits per heavy atom. The molecule has 1 aliphatic heterocycles. The van der Waals surface area contributed by atoms with E-state index < -0.39 is 11.6 Å². The molecule has 1 unspecified atom stereocenters. The van der Waals surface area contributed by atoms with Crippen LogP contribution >= 0.6 is 0 Å². The highest BCUT2D eigenvalue weighted by molar-refractivity contribution is 5.76. The van der Waals surface area contributed by atoms with Crippen LogP contribution in [0.25, 0.3) is 0 Å². The zero-order valence-corrected chi connectivity index (χ0v) is 22.0. The lowest BCUT2D eigenvalue weighted by atomic mass is 9.86. The lowest BCUT2D eigenvalue weighted by Gasteiger charge is -2.36. The second-order valence-electron chi connectivity index (χ2n) is 9.85. The summed E-state index contributed by atoms with van der Waals surface area (Å²) in [5.41, 5.74) is 3.99. The monoisotopic (exact) mass is 482 g/mol. The van der Waals surface area contributed by atoms with Gasteiger partial charge in [0.05, 0.1) is 0 Å². The van der Waals surface area contributed by atoms with E-state index >= 15 is 0 Å². The first-order valence-corrected chi connectivity index (χ1v) is 12.2. The molecule has 0 amide bonds. The molecule has 0 radical (unpaired) electrons. The molecule has 0 spiro atoms. The highest BCUT2D eigenvalue weighted by Gasteiger charge is 2.33. The van der Waals surface area contributed by atoms with E-state index in [4.69, 9.17) is 18.9 Å². The molecule has 0 saturated heterocycles. The number of fused-ring (bicyclic) bond motifs is 1. The molecule has 35 heavy (non-hydrogen) atoms. The smallest absolute Gasteiger partial charge is 0.347 e. The number of carboxylic acid groups (broad SMARTS) is 1. The van der Waals surface area contributed by atoms with Crippen molar-refractivity contribution in [3.05, 3.63) is 64.2 Å². The lowest BCUT2D eigenvalue weighted by molar-refractivity contribution is -0.152. The van der Waals surface area contributed by atoms with Gasteiger partial charge in [-0.1, -0.05) is 18.2 Å². The van der Waals surface area contributed by atoms with Gasteiger partial charge in [-0.05, 0) is 108 Å². The minimum Gasteiger partial charge on any atom is -0.483 e. The third kappa shape index (κ3) is 6.17. The fourth-order valence-electron chi connectivity index (χ4n) is 4.25.